The number of phenolic OH excluding ortho intramolecular Hbond substituents is 1. The average Bonchev–Trinajstić information content (AvgIpc) is 3.28. The lowest BCUT2D eigenvalue weighted by molar-refractivity contribution is 0.254. The van der Waals surface area contributed by atoms with Crippen molar-refractivity contribution in [2.75, 3.05) is 38.7 Å². The van der Waals surface area contributed by atoms with Crippen LogP contribution < -0.4 is 14.8 Å². The Bertz CT molecular complexity index is 1070. The van der Waals surface area contributed by atoms with Gasteiger partial charge in [-0.3, -0.25) is 4.98 Å². The third-order valence-electron chi connectivity index (χ3n) is 5.66. The molecule has 0 saturated carbocycles. The number of aryl methyl sites for hydroxylation is 1. The van der Waals surface area contributed by atoms with Crippen molar-refractivity contribution >= 4 is 34.7 Å². The number of aromatic hydroxyl groups is 1. The van der Waals surface area contributed by atoms with Gasteiger partial charge in [0.1, 0.15) is 11.6 Å². The highest BCUT2D eigenvalue weighted by molar-refractivity contribution is 5.95. The molecule has 0 atom stereocenters. The van der Waals surface area contributed by atoms with Gasteiger partial charge in [0.05, 0.1) is 24.9 Å². The number of aromatic nitrogens is 1. The first-order valence-corrected chi connectivity index (χ1v) is 10.6. The Morgan fingerprint density at radius 3 is 2.66 bits per heavy atom. The molecule has 32 heavy (non-hydrogen) atoms. The van der Waals surface area contributed by atoms with Gasteiger partial charge >= 0.3 is 0 Å². The van der Waals surface area contributed by atoms with Crippen LogP contribution in [0.1, 0.15) is 24.8 Å². The molecule has 0 radical (unpaired) electrons. The number of nitrogens with zero attached hydrogens (tertiary/aromatic N) is 2. The molecule has 2 heterocycles. The number of hydrogen-bond acceptors (Lipinski definition) is 6. The topological polar surface area (TPSA) is 66.8 Å². The Hall–Kier alpha value is -2.77. The number of ether oxygens (including phenoxy) is 2. The fraction of sp³-hybridized carbons (Fsp3) is 0.375. The fourth-order valence-corrected chi connectivity index (χ4v) is 3.91. The number of nitrogens with one attached hydrogen (secondary N) is 1. The number of likely N-dealkylation sites (tertiary alicyclic amines) is 1. The standard InChI is InChI=1S/C24H28FN3O3.ClH/c1-16-12-18(25)21(14-22(16)29)27-19-6-7-26-20-15-24(23(30-2)13-17(19)20)31-11-5-10-28-8-3-4-9-28;/h6-7,12-15,29H,3-5,8-11H2,1-2H3,(H,26,27);1H. The maximum Gasteiger partial charge on any atom is 0.163 e. The van der Waals surface area contributed by atoms with Crippen LogP contribution in [0, 0.1) is 12.7 Å². The third kappa shape index (κ3) is 5.34. The van der Waals surface area contributed by atoms with E-state index in [9.17, 15) is 9.50 Å². The smallest absolute Gasteiger partial charge is 0.163 e. The molecule has 2 aromatic carbocycles. The van der Waals surface area contributed by atoms with Gasteiger partial charge in [-0.15, -0.1) is 12.4 Å². The molecule has 8 heteroatoms. The summed E-state index contributed by atoms with van der Waals surface area (Å²) in [6, 6.07) is 8.13. The summed E-state index contributed by atoms with van der Waals surface area (Å²) in [4.78, 5) is 6.90. The molecule has 4 rings (SSSR count). The molecule has 172 valence electrons. The van der Waals surface area contributed by atoms with E-state index in [0.717, 1.165) is 18.4 Å². The monoisotopic (exact) mass is 461 g/mol. The van der Waals surface area contributed by atoms with Crippen LogP contribution in [-0.4, -0.2) is 48.3 Å². The zero-order chi connectivity index (χ0) is 21.8. The molecule has 1 fully saturated rings. The van der Waals surface area contributed by atoms with Crippen molar-refractivity contribution in [2.45, 2.75) is 26.2 Å². The minimum atomic E-state index is -0.440. The second kappa shape index (κ2) is 10.7. The predicted molar refractivity (Wildman–Crippen MR) is 127 cm³/mol. The number of fused-ring (bicyclic) bond motifs is 1. The molecule has 2 N–H and O–H groups in total. The van der Waals surface area contributed by atoms with Gasteiger partial charge in [-0.25, -0.2) is 4.39 Å². The van der Waals surface area contributed by atoms with Crippen molar-refractivity contribution < 1.29 is 19.0 Å². The minimum absolute atomic E-state index is 0. The Balaban J connectivity index is 0.00000289. The zero-order valence-corrected chi connectivity index (χ0v) is 19.2. The van der Waals surface area contributed by atoms with Crippen LogP contribution in [-0.2, 0) is 0 Å². The summed E-state index contributed by atoms with van der Waals surface area (Å²) in [5.74, 6) is 0.826. The van der Waals surface area contributed by atoms with Gasteiger partial charge in [0.25, 0.3) is 0 Å². The van der Waals surface area contributed by atoms with E-state index >= 15 is 0 Å². The van der Waals surface area contributed by atoms with Gasteiger partial charge in [-0.05, 0) is 63.0 Å². The van der Waals surface area contributed by atoms with E-state index in [1.807, 2.05) is 12.1 Å². The molecular formula is C24H29ClFN3O3. The number of halogens is 2. The highest BCUT2D eigenvalue weighted by Crippen LogP contribution is 2.36. The second-order valence-corrected chi connectivity index (χ2v) is 7.87. The Morgan fingerprint density at radius 2 is 1.91 bits per heavy atom. The van der Waals surface area contributed by atoms with Crippen LogP contribution in [0.25, 0.3) is 10.9 Å². The summed E-state index contributed by atoms with van der Waals surface area (Å²) in [6.45, 7) is 5.65. The van der Waals surface area contributed by atoms with Crippen LogP contribution in [0.5, 0.6) is 17.2 Å². The van der Waals surface area contributed by atoms with Crippen LogP contribution >= 0.6 is 12.4 Å². The number of pyridine rings is 1. The van der Waals surface area contributed by atoms with Crippen LogP contribution in [0.15, 0.2) is 36.5 Å². The van der Waals surface area contributed by atoms with Gasteiger partial charge in [0, 0.05) is 35.9 Å². The van der Waals surface area contributed by atoms with Crippen molar-refractivity contribution in [1.82, 2.24) is 9.88 Å². The maximum atomic E-state index is 14.4. The van der Waals surface area contributed by atoms with Gasteiger partial charge in [-0.1, -0.05) is 0 Å². The Labute approximate surface area is 193 Å². The molecule has 1 aliphatic heterocycles. The summed E-state index contributed by atoms with van der Waals surface area (Å²) >= 11 is 0. The number of methoxy groups -OCH3 is 1. The first-order valence-electron chi connectivity index (χ1n) is 10.6. The minimum Gasteiger partial charge on any atom is -0.508 e. The van der Waals surface area contributed by atoms with Crippen molar-refractivity contribution in [3.05, 3.63) is 47.9 Å². The first-order chi connectivity index (χ1) is 15.0. The molecule has 1 saturated heterocycles. The summed E-state index contributed by atoms with van der Waals surface area (Å²) < 4.78 is 25.9. The van der Waals surface area contributed by atoms with Crippen LogP contribution in [0.2, 0.25) is 0 Å². The highest BCUT2D eigenvalue weighted by atomic mass is 35.5. The lowest BCUT2D eigenvalue weighted by Gasteiger charge is -2.16. The fourth-order valence-electron chi connectivity index (χ4n) is 3.91. The molecule has 0 aliphatic carbocycles. The van der Waals surface area contributed by atoms with Crippen molar-refractivity contribution in [1.29, 1.82) is 0 Å². The summed E-state index contributed by atoms with van der Waals surface area (Å²) in [5.41, 5.74) is 2.04. The summed E-state index contributed by atoms with van der Waals surface area (Å²) in [7, 11) is 1.60. The van der Waals surface area contributed by atoms with Gasteiger partial charge in [0.15, 0.2) is 11.5 Å². The molecule has 1 aliphatic rings. The summed E-state index contributed by atoms with van der Waals surface area (Å²) in [5, 5.41) is 13.8. The van der Waals surface area contributed by atoms with E-state index in [4.69, 9.17) is 9.47 Å². The molecule has 0 spiro atoms. The molecule has 1 aromatic heterocycles. The van der Waals surface area contributed by atoms with Crippen molar-refractivity contribution in [2.24, 2.45) is 0 Å². The zero-order valence-electron chi connectivity index (χ0n) is 18.4. The molecular weight excluding hydrogens is 433 g/mol. The van der Waals surface area contributed by atoms with Gasteiger partial charge in [0.2, 0.25) is 0 Å². The van der Waals surface area contributed by atoms with Crippen LogP contribution in [0.3, 0.4) is 0 Å². The van der Waals surface area contributed by atoms with Gasteiger partial charge in [-0.2, -0.15) is 0 Å². The quantitative estimate of drug-likeness (QED) is 0.436. The molecule has 6 nitrogen and oxygen atoms in total. The molecule has 0 bridgehead atoms. The van der Waals surface area contributed by atoms with Crippen LogP contribution in [0.4, 0.5) is 15.8 Å². The SMILES string of the molecule is COc1cc2c(Nc3cc(O)c(C)cc3F)ccnc2cc1OCCCN1CCCC1.Cl. The third-order valence-corrected chi connectivity index (χ3v) is 5.66. The largest absolute Gasteiger partial charge is 0.508 e. The second-order valence-electron chi connectivity index (χ2n) is 7.87. The number of rotatable bonds is 8. The molecule has 0 unspecified atom stereocenters. The van der Waals surface area contributed by atoms with Gasteiger partial charge < -0.3 is 24.8 Å². The van der Waals surface area contributed by atoms with E-state index in [0.29, 0.717) is 34.9 Å². The lowest BCUT2D eigenvalue weighted by atomic mass is 10.1. The maximum absolute atomic E-state index is 14.4. The summed E-state index contributed by atoms with van der Waals surface area (Å²) in [6.07, 6.45) is 5.17. The first kappa shape index (κ1) is 23.9. The number of hydrogen-bond donors (Lipinski definition) is 2. The van der Waals surface area contributed by atoms with Crippen molar-refractivity contribution in [3.8, 4) is 17.2 Å². The normalized spacial score (nSPS) is 13.7. The van der Waals surface area contributed by atoms with E-state index in [1.165, 1.54) is 38.1 Å². The average molecular weight is 462 g/mol. The van der Waals surface area contributed by atoms with E-state index in [-0.39, 0.29) is 23.8 Å². The molecule has 3 aromatic rings. The van der Waals surface area contributed by atoms with E-state index in [2.05, 4.69) is 15.2 Å². The van der Waals surface area contributed by atoms with E-state index in [1.54, 1.807) is 26.3 Å². The predicted octanol–water partition coefficient (Wildman–Crippen LogP) is 5.43. The van der Waals surface area contributed by atoms with E-state index < -0.39 is 5.82 Å². The Kier molecular flexibility index (Phi) is 7.99. The van der Waals surface area contributed by atoms with Crippen molar-refractivity contribution in [3.63, 3.8) is 0 Å². The Morgan fingerprint density at radius 1 is 1.12 bits per heavy atom. The lowest BCUT2D eigenvalue weighted by Crippen LogP contribution is -2.21. The number of anilines is 2. The number of benzene rings is 2. The molecule has 0 amide bonds. The highest BCUT2D eigenvalue weighted by Gasteiger charge is 2.14. The number of phenols is 1.